The fraction of sp³-hybridized carbons (Fsp3) is 0.250. The van der Waals surface area contributed by atoms with Gasteiger partial charge in [0.05, 0.1) is 11.1 Å². The van der Waals surface area contributed by atoms with Crippen LogP contribution in [0.25, 0.3) is 11.1 Å². The lowest BCUT2D eigenvalue weighted by Gasteiger charge is -2.16. The Labute approximate surface area is 154 Å². The number of carbonyl (C=O) groups is 1. The molecule has 3 nitrogen and oxygen atoms in total. The van der Waals surface area contributed by atoms with Crippen LogP contribution in [0.2, 0.25) is 0 Å². The first-order valence-electron chi connectivity index (χ1n) is 8.48. The predicted molar refractivity (Wildman–Crippen MR) is 94.7 cm³/mol. The Morgan fingerprint density at radius 3 is 2.67 bits per heavy atom. The van der Waals surface area contributed by atoms with E-state index in [1.807, 2.05) is 6.08 Å². The van der Waals surface area contributed by atoms with Crippen molar-refractivity contribution in [3.05, 3.63) is 71.1 Å². The molecule has 0 aliphatic carbocycles. The van der Waals surface area contributed by atoms with Gasteiger partial charge in [-0.25, -0.2) is 4.39 Å². The van der Waals surface area contributed by atoms with Gasteiger partial charge in [-0.15, -0.1) is 0 Å². The van der Waals surface area contributed by atoms with E-state index >= 15 is 0 Å². The van der Waals surface area contributed by atoms with E-state index in [0.29, 0.717) is 6.54 Å². The number of hydrogen-bond acceptors (Lipinski definition) is 2. The average molecular weight is 378 g/mol. The zero-order valence-electron chi connectivity index (χ0n) is 14.4. The lowest BCUT2D eigenvalue weighted by atomic mass is 9.97. The van der Waals surface area contributed by atoms with Crippen molar-refractivity contribution < 1.29 is 22.4 Å². The van der Waals surface area contributed by atoms with Crippen LogP contribution in [-0.4, -0.2) is 25.5 Å². The maximum atomic E-state index is 13.7. The highest BCUT2D eigenvalue weighted by Gasteiger charge is 2.30. The lowest BCUT2D eigenvalue weighted by molar-refractivity contribution is -0.137. The highest BCUT2D eigenvalue weighted by atomic mass is 19.4. The van der Waals surface area contributed by atoms with Gasteiger partial charge >= 0.3 is 6.18 Å². The van der Waals surface area contributed by atoms with Crippen LogP contribution in [0.4, 0.5) is 17.6 Å². The van der Waals surface area contributed by atoms with Crippen LogP contribution in [0.1, 0.15) is 22.3 Å². The Bertz CT molecular complexity index is 875. The van der Waals surface area contributed by atoms with E-state index in [1.165, 1.54) is 18.2 Å². The Morgan fingerprint density at radius 1 is 1.15 bits per heavy atom. The number of nitrogens with one attached hydrogen (secondary N) is 2. The molecule has 27 heavy (non-hydrogen) atoms. The third-order valence-corrected chi connectivity index (χ3v) is 4.36. The van der Waals surface area contributed by atoms with Crippen molar-refractivity contribution in [2.24, 2.45) is 0 Å². The van der Waals surface area contributed by atoms with Crippen LogP contribution in [0.3, 0.4) is 0 Å². The molecule has 1 aliphatic heterocycles. The molecule has 0 bridgehead atoms. The van der Waals surface area contributed by atoms with Gasteiger partial charge in [-0.05, 0) is 48.4 Å². The normalized spacial score (nSPS) is 14.6. The van der Waals surface area contributed by atoms with Crippen molar-refractivity contribution >= 4 is 5.91 Å². The van der Waals surface area contributed by atoms with Crippen LogP contribution in [-0.2, 0) is 6.18 Å². The zero-order chi connectivity index (χ0) is 19.4. The minimum absolute atomic E-state index is 0.00357. The van der Waals surface area contributed by atoms with Gasteiger partial charge < -0.3 is 10.6 Å². The highest BCUT2D eigenvalue weighted by molar-refractivity contribution is 6.01. The van der Waals surface area contributed by atoms with Gasteiger partial charge in [0.25, 0.3) is 5.91 Å². The van der Waals surface area contributed by atoms with Gasteiger partial charge in [0.1, 0.15) is 5.82 Å². The molecule has 3 rings (SSSR count). The molecule has 1 heterocycles. The molecule has 0 atom stereocenters. The second-order valence-corrected chi connectivity index (χ2v) is 6.27. The van der Waals surface area contributed by atoms with E-state index < -0.39 is 23.5 Å². The SMILES string of the molecule is O=C(NCC1=CCNCC1)c1cc(F)ccc1-c1cccc(C(F)(F)F)c1. The van der Waals surface area contributed by atoms with E-state index in [9.17, 15) is 22.4 Å². The molecule has 0 aromatic heterocycles. The number of alkyl halides is 3. The van der Waals surface area contributed by atoms with Crippen LogP contribution < -0.4 is 10.6 Å². The smallest absolute Gasteiger partial charge is 0.348 e. The number of hydrogen-bond donors (Lipinski definition) is 2. The number of rotatable bonds is 4. The van der Waals surface area contributed by atoms with Crippen molar-refractivity contribution in [2.45, 2.75) is 12.6 Å². The van der Waals surface area contributed by atoms with Gasteiger partial charge in [0.15, 0.2) is 0 Å². The molecule has 142 valence electrons. The first-order valence-corrected chi connectivity index (χ1v) is 8.48. The van der Waals surface area contributed by atoms with Crippen molar-refractivity contribution in [2.75, 3.05) is 19.6 Å². The van der Waals surface area contributed by atoms with Crippen molar-refractivity contribution in [1.82, 2.24) is 10.6 Å². The minimum atomic E-state index is -4.50. The summed E-state index contributed by atoms with van der Waals surface area (Å²) in [5.41, 5.74) is 0.689. The Hall–Kier alpha value is -2.67. The van der Waals surface area contributed by atoms with Crippen molar-refractivity contribution in [3.63, 3.8) is 0 Å². The Balaban J connectivity index is 1.89. The number of amides is 1. The summed E-state index contributed by atoms with van der Waals surface area (Å²) in [6, 6.07) is 8.14. The standard InChI is InChI=1S/C20H18F4N2O/c21-16-4-5-17(14-2-1-3-15(10-14)20(22,23)24)18(11-16)19(27)26-12-13-6-8-25-9-7-13/h1-6,10-11,25H,7-9,12H2,(H,26,27). The second kappa shape index (κ2) is 7.92. The number of benzene rings is 2. The molecular formula is C20H18F4N2O. The summed E-state index contributed by atoms with van der Waals surface area (Å²) < 4.78 is 52.7. The molecule has 2 aromatic rings. The van der Waals surface area contributed by atoms with E-state index in [2.05, 4.69) is 10.6 Å². The summed E-state index contributed by atoms with van der Waals surface area (Å²) in [6.45, 7) is 1.86. The summed E-state index contributed by atoms with van der Waals surface area (Å²) in [4.78, 5) is 12.6. The molecule has 0 unspecified atom stereocenters. The summed E-state index contributed by atoms with van der Waals surface area (Å²) in [7, 11) is 0. The molecule has 0 radical (unpaired) electrons. The molecule has 0 saturated heterocycles. The minimum Gasteiger partial charge on any atom is -0.348 e. The Kier molecular flexibility index (Phi) is 5.60. The van der Waals surface area contributed by atoms with Gasteiger partial charge in [0, 0.05) is 13.1 Å². The molecule has 0 spiro atoms. The molecule has 1 aliphatic rings. The van der Waals surface area contributed by atoms with E-state index in [0.717, 1.165) is 49.3 Å². The zero-order valence-corrected chi connectivity index (χ0v) is 14.4. The third kappa shape index (κ3) is 4.74. The monoisotopic (exact) mass is 378 g/mol. The topological polar surface area (TPSA) is 41.1 Å². The van der Waals surface area contributed by atoms with E-state index in [4.69, 9.17) is 0 Å². The predicted octanol–water partition coefficient (Wildman–Crippen LogP) is 4.16. The summed E-state index contributed by atoms with van der Waals surface area (Å²) in [6.07, 6.45) is -1.73. The maximum Gasteiger partial charge on any atom is 0.416 e. The van der Waals surface area contributed by atoms with Gasteiger partial charge in [-0.3, -0.25) is 4.79 Å². The molecular weight excluding hydrogens is 360 g/mol. The average Bonchev–Trinajstić information content (AvgIpc) is 2.66. The fourth-order valence-electron chi connectivity index (χ4n) is 2.94. The fourth-order valence-corrected chi connectivity index (χ4v) is 2.94. The number of halogens is 4. The summed E-state index contributed by atoms with van der Waals surface area (Å²) in [5.74, 6) is -1.15. The lowest BCUT2D eigenvalue weighted by Crippen LogP contribution is -2.30. The molecule has 0 fully saturated rings. The quantitative estimate of drug-likeness (QED) is 0.620. The van der Waals surface area contributed by atoms with Crippen molar-refractivity contribution in [3.8, 4) is 11.1 Å². The van der Waals surface area contributed by atoms with Gasteiger partial charge in [0.2, 0.25) is 0 Å². The largest absolute Gasteiger partial charge is 0.416 e. The van der Waals surface area contributed by atoms with Crippen LogP contribution >= 0.6 is 0 Å². The molecule has 2 N–H and O–H groups in total. The van der Waals surface area contributed by atoms with E-state index in [-0.39, 0.29) is 16.7 Å². The van der Waals surface area contributed by atoms with Crippen molar-refractivity contribution in [1.29, 1.82) is 0 Å². The number of carbonyl (C=O) groups excluding carboxylic acids is 1. The van der Waals surface area contributed by atoms with Crippen LogP contribution in [0.15, 0.2) is 54.1 Å². The van der Waals surface area contributed by atoms with E-state index in [1.54, 1.807) is 0 Å². The molecule has 0 saturated carbocycles. The Morgan fingerprint density at radius 2 is 1.96 bits per heavy atom. The maximum absolute atomic E-state index is 13.7. The molecule has 1 amide bonds. The van der Waals surface area contributed by atoms with Crippen LogP contribution in [0, 0.1) is 5.82 Å². The highest BCUT2D eigenvalue weighted by Crippen LogP contribution is 2.33. The third-order valence-electron chi connectivity index (χ3n) is 4.36. The second-order valence-electron chi connectivity index (χ2n) is 6.27. The van der Waals surface area contributed by atoms with Gasteiger partial charge in [-0.2, -0.15) is 13.2 Å². The first kappa shape index (κ1) is 19.1. The van der Waals surface area contributed by atoms with Crippen LogP contribution in [0.5, 0.6) is 0 Å². The molecule has 2 aromatic carbocycles. The summed E-state index contributed by atoms with van der Waals surface area (Å²) >= 11 is 0. The van der Waals surface area contributed by atoms with Gasteiger partial charge in [-0.1, -0.05) is 29.8 Å². The summed E-state index contributed by atoms with van der Waals surface area (Å²) in [5, 5.41) is 5.89. The molecule has 7 heteroatoms. The first-order chi connectivity index (χ1) is 12.8.